The molecule has 144 heavy (non-hydrogen) atoms. The molecule has 4 aromatic carbocycles. The summed E-state index contributed by atoms with van der Waals surface area (Å²) in [5, 5.41) is 59.3. The number of amides is 1. The van der Waals surface area contributed by atoms with Crippen LogP contribution in [-0.2, 0) is 128 Å². The lowest BCUT2D eigenvalue weighted by Gasteiger charge is -2.27. The van der Waals surface area contributed by atoms with Gasteiger partial charge in [-0.05, 0) is 141 Å². The summed E-state index contributed by atoms with van der Waals surface area (Å²) in [5.74, 6) is -10.2. The zero-order valence-electron chi connectivity index (χ0n) is 80.0. The fourth-order valence-electron chi connectivity index (χ4n) is 12.7. The number of carbonyl (C=O) groups is 13. The molecule has 45 nitrogen and oxygen atoms in total. The molecular weight excluding hydrogens is 1880 g/mol. The minimum atomic E-state index is -1.20. The first-order valence-corrected chi connectivity index (χ1v) is 44.2. The van der Waals surface area contributed by atoms with E-state index in [0.29, 0.717) is 39.5 Å². The molecule has 6 heterocycles. The van der Waals surface area contributed by atoms with Gasteiger partial charge in [-0.2, -0.15) is 5.10 Å². The molecule has 0 atom stereocenters. The number of rotatable bonds is 54. The number of anilines is 4. The van der Waals surface area contributed by atoms with Crippen LogP contribution in [0.1, 0.15) is 95.2 Å². The fourth-order valence-corrected chi connectivity index (χ4v) is 12.7. The molecule has 10 rings (SSSR count). The zero-order valence-corrected chi connectivity index (χ0v) is 80.0. The number of esters is 8. The zero-order chi connectivity index (χ0) is 105. The van der Waals surface area contributed by atoms with Crippen molar-refractivity contribution in [1.82, 2.24) is 45.1 Å². The quantitative estimate of drug-likeness (QED) is 0.00476. The van der Waals surface area contributed by atoms with Gasteiger partial charge >= 0.3 is 71.6 Å². The summed E-state index contributed by atoms with van der Waals surface area (Å²) in [6.07, 6.45) is 12.9. The van der Waals surface area contributed by atoms with Gasteiger partial charge in [0.25, 0.3) is 5.91 Å². The van der Waals surface area contributed by atoms with Crippen molar-refractivity contribution < 1.29 is 150 Å². The molecule has 7 N–H and O–H groups in total. The molecule has 45 heteroatoms. The van der Waals surface area contributed by atoms with E-state index in [0.717, 1.165) is 106 Å². The van der Waals surface area contributed by atoms with Crippen molar-refractivity contribution >= 4 is 107 Å². The number of nitrogens with one attached hydrogen (secondary N) is 1. The first kappa shape index (κ1) is 114. The van der Waals surface area contributed by atoms with Crippen molar-refractivity contribution in [2.75, 3.05) is 139 Å². The maximum atomic E-state index is 12.7. The SMILES string of the molecule is CC(=O)OCOC(=O)CN(CC(=O)OCOC(C)=O)c1ccc(C)cc1OCCOc1cc(C)ccc1N(CC(=O)OCOC(C)=O)CC(=O)OCOC(C)=O.Cc1ncc(CO)c(/C=N/NC(=O)c2ccncc2)c1O.O=C(O)CCN(CC(=O)O)c1ccccc1OCCOc1ccccc1N(CC(=O)O)CC(=O)O.c1ccc(CN(CCN(Cc2ccccn2)Cc2ccccn2)Cc2ccccn2)nc1. The summed E-state index contributed by atoms with van der Waals surface area (Å²) >= 11 is 0. The summed E-state index contributed by atoms with van der Waals surface area (Å²) in [4.78, 5) is 187. The number of para-hydroxylation sites is 4. The van der Waals surface area contributed by atoms with Crippen molar-refractivity contribution in [3.8, 4) is 28.7 Å². The molecule has 0 radical (unpaired) electrons. The third-order valence-electron chi connectivity index (χ3n) is 19.3. The smallest absolute Gasteiger partial charge is 0.328 e. The molecule has 764 valence electrons. The van der Waals surface area contributed by atoms with E-state index in [-0.39, 0.29) is 80.4 Å². The Morgan fingerprint density at radius 3 is 1.04 bits per heavy atom. The monoisotopic (exact) mass is 1990 g/mol. The van der Waals surface area contributed by atoms with Gasteiger partial charge in [0, 0.05) is 134 Å². The Bertz CT molecular complexity index is 5470. The second kappa shape index (κ2) is 62.6. The number of benzene rings is 4. The highest BCUT2D eigenvalue weighted by Crippen LogP contribution is 2.34. The number of aromatic hydroxyl groups is 1. The van der Waals surface area contributed by atoms with Gasteiger partial charge in [0.1, 0.15) is 101 Å². The molecule has 0 aliphatic heterocycles. The Kier molecular flexibility index (Phi) is 49.4. The van der Waals surface area contributed by atoms with Gasteiger partial charge in [-0.15, -0.1) is 0 Å². The second-order valence-corrected chi connectivity index (χ2v) is 30.6. The number of hydrazone groups is 1. The number of carbonyl (C=O) groups excluding carboxylic acids is 9. The molecule has 0 unspecified atom stereocenters. The number of carboxylic acids is 4. The van der Waals surface area contributed by atoms with Crippen LogP contribution in [0.5, 0.6) is 28.7 Å². The second-order valence-electron chi connectivity index (χ2n) is 30.6. The first-order valence-electron chi connectivity index (χ1n) is 44.2. The van der Waals surface area contributed by atoms with E-state index < -0.39 is 151 Å². The minimum absolute atomic E-state index is 0.00733. The van der Waals surface area contributed by atoms with Crippen LogP contribution < -0.4 is 44.0 Å². The molecule has 10 aromatic rings. The number of aromatic nitrogens is 6. The number of aliphatic hydroxyl groups excluding tert-OH is 1. The highest BCUT2D eigenvalue weighted by Gasteiger charge is 2.27. The van der Waals surface area contributed by atoms with Crippen LogP contribution in [0.25, 0.3) is 0 Å². The molecule has 0 spiro atoms. The minimum Gasteiger partial charge on any atom is -0.505 e. The number of aliphatic hydroxyl groups is 1. The van der Waals surface area contributed by atoms with Gasteiger partial charge in [-0.1, -0.05) is 60.7 Å². The Balaban J connectivity index is 0.000000276. The normalized spacial score (nSPS) is 10.5. The maximum absolute atomic E-state index is 12.7. The van der Waals surface area contributed by atoms with Crippen molar-refractivity contribution in [3.05, 3.63) is 270 Å². The third-order valence-corrected chi connectivity index (χ3v) is 19.3. The van der Waals surface area contributed by atoms with Crippen LogP contribution in [0.15, 0.2) is 218 Å². The number of hydrogen-bond donors (Lipinski definition) is 7. The summed E-state index contributed by atoms with van der Waals surface area (Å²) in [6.45, 7) is 7.87. The molecule has 0 aliphatic rings. The Morgan fingerprint density at radius 2 is 0.701 bits per heavy atom. The van der Waals surface area contributed by atoms with Gasteiger partial charge in [0.15, 0.2) is 0 Å². The molecule has 0 aliphatic carbocycles. The van der Waals surface area contributed by atoms with E-state index in [1.54, 1.807) is 118 Å². The van der Waals surface area contributed by atoms with Crippen LogP contribution in [0, 0.1) is 20.8 Å². The summed E-state index contributed by atoms with van der Waals surface area (Å²) in [5.41, 5.74) is 10.8. The molecule has 0 bridgehead atoms. The lowest BCUT2D eigenvalue weighted by molar-refractivity contribution is -0.167. The van der Waals surface area contributed by atoms with Crippen LogP contribution >= 0.6 is 0 Å². The molecule has 6 aromatic heterocycles. The number of pyridine rings is 6. The number of aliphatic carboxylic acids is 4. The average molecular weight is 1990 g/mol. The summed E-state index contributed by atoms with van der Waals surface area (Å²) in [6, 6.07) is 50.2. The summed E-state index contributed by atoms with van der Waals surface area (Å²) in [7, 11) is 0. The largest absolute Gasteiger partial charge is 0.505 e. The topological polar surface area (TPSA) is 575 Å². The third kappa shape index (κ3) is 44.2. The molecule has 1 amide bonds. The lowest BCUT2D eigenvalue weighted by atomic mass is 10.1. The van der Waals surface area contributed by atoms with E-state index in [9.17, 15) is 77.6 Å². The number of nitrogens with zero attached hydrogens (tertiary/aromatic N) is 13. The van der Waals surface area contributed by atoms with Gasteiger partial charge < -0.3 is 107 Å². The molecular formula is C99H112N14O31. The fraction of sp³-hybridized carbons (Fsp3) is 0.313. The standard InChI is InChI=1S/C36H44N2O18.C26H28N6.C23H26N2O10.C14H14N4O3/c1-23-7-9-29(37(15-33(43)53-19-49-25(3)39)16-34(44)54-20-50-26(4)40)31(13-23)47-11-12-48-32-14-24(2)8-10-30(32)38(17-35(45)55-21-51-27(5)41)18-36(46)56-22-52-28(6)42;1-5-13-27-23(9-1)19-31(20-24-10-2-6-14-28-24)17-18-32(21-25-11-3-7-15-29-25)22-26-12-4-8-16-30-26;26-20(27)9-10-24(13-21(28)29)16-5-1-3-7-18(16)34-11-12-35-19-8-4-2-6-17(19)25(14-22(30)31)15-23(32)33;1-9-13(20)12(11(8-19)6-16-9)7-17-18-14(21)10-2-4-15-5-3-10/h7-10,13-14H,11-12,15-22H2,1-6H3;1-16H,17-22H2;1-8H,9-15H2,(H,26,27)(H,28,29)(H,30,31)(H,32,33);2-7,19-20H,8H2,1H3,(H,18,21)/b;;;17-7+. The van der Waals surface area contributed by atoms with Crippen LogP contribution in [-0.4, -0.2) is 273 Å². The maximum Gasteiger partial charge on any atom is 0.328 e. The van der Waals surface area contributed by atoms with Gasteiger partial charge in [-0.3, -0.25) is 102 Å². The van der Waals surface area contributed by atoms with E-state index in [1.165, 1.54) is 39.5 Å². The number of carboxylic acid groups (broad SMARTS) is 4. The van der Waals surface area contributed by atoms with Crippen molar-refractivity contribution in [1.29, 1.82) is 0 Å². The highest BCUT2D eigenvalue weighted by molar-refractivity contribution is 5.95. The Labute approximate surface area is 827 Å². The first-order chi connectivity index (χ1) is 69.2. The van der Waals surface area contributed by atoms with E-state index in [1.807, 2.05) is 73.3 Å². The van der Waals surface area contributed by atoms with Gasteiger partial charge in [0.05, 0.1) is 70.5 Å². The van der Waals surface area contributed by atoms with Crippen LogP contribution in [0.4, 0.5) is 22.7 Å². The highest BCUT2D eigenvalue weighted by atomic mass is 16.7. The van der Waals surface area contributed by atoms with Crippen molar-refractivity contribution in [2.24, 2.45) is 5.10 Å². The van der Waals surface area contributed by atoms with E-state index >= 15 is 0 Å². The average Bonchev–Trinajstić information content (AvgIpc) is 0.803. The van der Waals surface area contributed by atoms with Gasteiger partial charge in [-0.25, -0.2) is 5.43 Å². The number of ether oxygens (including phenoxy) is 12. The van der Waals surface area contributed by atoms with Crippen LogP contribution in [0.2, 0.25) is 0 Å². The predicted molar refractivity (Wildman–Crippen MR) is 513 cm³/mol. The molecule has 0 saturated carbocycles. The van der Waals surface area contributed by atoms with Crippen LogP contribution in [0.3, 0.4) is 0 Å². The van der Waals surface area contributed by atoms with Crippen molar-refractivity contribution in [2.45, 2.75) is 87.7 Å². The lowest BCUT2D eigenvalue weighted by Crippen LogP contribution is -2.37. The number of aryl methyl sites for hydroxylation is 3. The Morgan fingerprint density at radius 1 is 0.368 bits per heavy atom. The molecule has 0 saturated heterocycles. The predicted octanol–water partition coefficient (Wildman–Crippen LogP) is 7.83. The Hall–Kier alpha value is -17.4. The number of hydrogen-bond acceptors (Lipinski definition) is 40. The van der Waals surface area contributed by atoms with E-state index in [4.69, 9.17) is 53.2 Å². The van der Waals surface area contributed by atoms with Gasteiger partial charge in [0.2, 0.25) is 27.2 Å². The summed E-state index contributed by atoms with van der Waals surface area (Å²) < 4.78 is 61.9. The van der Waals surface area contributed by atoms with E-state index in [2.05, 4.69) is 93.4 Å². The molecule has 0 fully saturated rings. The van der Waals surface area contributed by atoms with Crippen molar-refractivity contribution in [3.63, 3.8) is 0 Å².